The molecule has 0 heterocycles. The number of nitrogens with zero attached hydrogens (tertiary/aromatic N) is 1. The van der Waals surface area contributed by atoms with Gasteiger partial charge in [-0.1, -0.05) is 36.4 Å². The van der Waals surface area contributed by atoms with Crippen molar-refractivity contribution in [3.63, 3.8) is 0 Å². The molecule has 0 spiro atoms. The van der Waals surface area contributed by atoms with Crippen molar-refractivity contribution in [3.05, 3.63) is 89.0 Å². The fourth-order valence-electron chi connectivity index (χ4n) is 3.06. The molecule has 8 heteroatoms. The molecule has 0 fully saturated rings. The Labute approximate surface area is 198 Å². The smallest absolute Gasteiger partial charge is 0.329 e. The maximum absolute atomic E-state index is 12.2. The standard InChI is InChI=1S/C26H26N4O4/c1-17-8-6-11-21(14-17)28-24(31)16-34-23-13-5-4-10-20(23)15-27-30-26(33)25(32)29-22-12-7-9-18(2)19(22)3/h4-15H,16H2,1-3H3,(H,28,31)(H,29,32)(H,30,33)/b27-15-. The molecule has 0 atom stereocenters. The zero-order chi connectivity index (χ0) is 24.5. The number of nitrogens with one attached hydrogen (secondary N) is 3. The maximum atomic E-state index is 12.2. The van der Waals surface area contributed by atoms with E-state index >= 15 is 0 Å². The molecule has 0 saturated heterocycles. The van der Waals surface area contributed by atoms with Crippen molar-refractivity contribution in [3.8, 4) is 5.75 Å². The molecule has 3 aromatic rings. The third-order valence-corrected chi connectivity index (χ3v) is 5.01. The second kappa shape index (κ2) is 11.4. The van der Waals surface area contributed by atoms with Crippen LogP contribution in [0, 0.1) is 20.8 Å². The topological polar surface area (TPSA) is 109 Å². The first-order valence-electron chi connectivity index (χ1n) is 10.6. The first-order chi connectivity index (χ1) is 16.3. The highest BCUT2D eigenvalue weighted by Gasteiger charge is 2.14. The van der Waals surface area contributed by atoms with Gasteiger partial charge in [0.2, 0.25) is 0 Å². The van der Waals surface area contributed by atoms with Gasteiger partial charge in [0.15, 0.2) is 6.61 Å². The zero-order valence-electron chi connectivity index (χ0n) is 19.2. The molecular weight excluding hydrogens is 432 g/mol. The van der Waals surface area contributed by atoms with Crippen LogP contribution in [0.1, 0.15) is 22.3 Å². The van der Waals surface area contributed by atoms with Crippen molar-refractivity contribution in [2.45, 2.75) is 20.8 Å². The highest BCUT2D eigenvalue weighted by atomic mass is 16.5. The van der Waals surface area contributed by atoms with Crippen molar-refractivity contribution in [2.75, 3.05) is 17.2 Å². The van der Waals surface area contributed by atoms with Crippen LogP contribution in [0.2, 0.25) is 0 Å². The number of amides is 3. The van der Waals surface area contributed by atoms with Crippen molar-refractivity contribution in [1.82, 2.24) is 5.43 Å². The summed E-state index contributed by atoms with van der Waals surface area (Å²) in [5.41, 5.74) is 6.89. The van der Waals surface area contributed by atoms with E-state index in [9.17, 15) is 14.4 Å². The van der Waals surface area contributed by atoms with Gasteiger partial charge in [-0.05, 0) is 67.8 Å². The summed E-state index contributed by atoms with van der Waals surface area (Å²) in [7, 11) is 0. The van der Waals surface area contributed by atoms with E-state index in [1.807, 2.05) is 45.0 Å². The Morgan fingerprint density at radius 2 is 1.65 bits per heavy atom. The van der Waals surface area contributed by atoms with Gasteiger partial charge in [0.1, 0.15) is 5.75 Å². The molecule has 3 rings (SSSR count). The molecule has 174 valence electrons. The Bertz CT molecular complexity index is 1240. The molecule has 0 aliphatic rings. The monoisotopic (exact) mass is 458 g/mol. The summed E-state index contributed by atoms with van der Waals surface area (Å²) in [6.07, 6.45) is 1.34. The molecule has 0 unspecified atom stereocenters. The molecule has 3 aromatic carbocycles. The number of anilines is 2. The van der Waals surface area contributed by atoms with Crippen LogP contribution >= 0.6 is 0 Å². The fraction of sp³-hybridized carbons (Fsp3) is 0.154. The van der Waals surface area contributed by atoms with Gasteiger partial charge >= 0.3 is 11.8 Å². The average Bonchev–Trinajstić information content (AvgIpc) is 2.81. The highest BCUT2D eigenvalue weighted by Crippen LogP contribution is 2.18. The van der Waals surface area contributed by atoms with Crippen molar-refractivity contribution in [2.24, 2.45) is 5.10 Å². The number of ether oxygens (including phenoxy) is 1. The molecule has 34 heavy (non-hydrogen) atoms. The third-order valence-electron chi connectivity index (χ3n) is 5.01. The lowest BCUT2D eigenvalue weighted by molar-refractivity contribution is -0.136. The summed E-state index contributed by atoms with van der Waals surface area (Å²) in [5.74, 6) is -1.65. The summed E-state index contributed by atoms with van der Waals surface area (Å²) >= 11 is 0. The molecule has 3 N–H and O–H groups in total. The fourth-order valence-corrected chi connectivity index (χ4v) is 3.06. The molecule has 0 aromatic heterocycles. The molecular formula is C26H26N4O4. The van der Waals surface area contributed by atoms with Crippen LogP contribution in [0.25, 0.3) is 0 Å². The van der Waals surface area contributed by atoms with Crippen molar-refractivity contribution in [1.29, 1.82) is 0 Å². The van der Waals surface area contributed by atoms with Gasteiger partial charge < -0.3 is 15.4 Å². The van der Waals surface area contributed by atoms with Crippen LogP contribution < -0.4 is 20.8 Å². The molecule has 0 saturated carbocycles. The van der Waals surface area contributed by atoms with E-state index in [4.69, 9.17) is 4.74 Å². The summed E-state index contributed by atoms with van der Waals surface area (Å²) in [6, 6.07) is 19.8. The van der Waals surface area contributed by atoms with E-state index in [1.165, 1.54) is 6.21 Å². The Kier molecular flexibility index (Phi) is 8.12. The van der Waals surface area contributed by atoms with Gasteiger partial charge in [-0.15, -0.1) is 0 Å². The number of hydrogen-bond acceptors (Lipinski definition) is 5. The molecule has 0 bridgehead atoms. The number of hydrogen-bond donors (Lipinski definition) is 3. The predicted octanol–water partition coefficient (Wildman–Crippen LogP) is 3.72. The van der Waals surface area contributed by atoms with E-state index in [0.29, 0.717) is 22.7 Å². The van der Waals surface area contributed by atoms with E-state index in [0.717, 1.165) is 16.7 Å². The summed E-state index contributed by atoms with van der Waals surface area (Å²) < 4.78 is 5.61. The quantitative estimate of drug-likeness (QED) is 0.285. The van der Waals surface area contributed by atoms with Crippen LogP contribution in [-0.2, 0) is 14.4 Å². The van der Waals surface area contributed by atoms with E-state index in [1.54, 1.807) is 42.5 Å². The van der Waals surface area contributed by atoms with Crippen LogP contribution in [-0.4, -0.2) is 30.5 Å². The lowest BCUT2D eigenvalue weighted by Gasteiger charge is -2.10. The number of para-hydroxylation sites is 1. The number of hydrazone groups is 1. The predicted molar refractivity (Wildman–Crippen MR) is 132 cm³/mol. The summed E-state index contributed by atoms with van der Waals surface area (Å²) in [5, 5.41) is 9.19. The number of rotatable bonds is 7. The van der Waals surface area contributed by atoms with Crippen LogP contribution in [0.15, 0.2) is 71.8 Å². The minimum absolute atomic E-state index is 0.205. The van der Waals surface area contributed by atoms with Gasteiger partial charge in [0, 0.05) is 16.9 Å². The second-order valence-electron chi connectivity index (χ2n) is 7.64. The van der Waals surface area contributed by atoms with Gasteiger partial charge in [0.05, 0.1) is 6.21 Å². The Hall–Kier alpha value is -4.46. The second-order valence-corrected chi connectivity index (χ2v) is 7.64. The Morgan fingerprint density at radius 1 is 0.882 bits per heavy atom. The SMILES string of the molecule is Cc1cccc(NC(=O)COc2ccccc2/C=N\NC(=O)C(=O)Nc2cccc(C)c2C)c1. The van der Waals surface area contributed by atoms with Gasteiger partial charge in [-0.25, -0.2) is 5.43 Å². The lowest BCUT2D eigenvalue weighted by Crippen LogP contribution is -2.32. The van der Waals surface area contributed by atoms with E-state index in [2.05, 4.69) is 21.2 Å². The number of carbonyl (C=O) groups excluding carboxylic acids is 3. The highest BCUT2D eigenvalue weighted by molar-refractivity contribution is 6.39. The van der Waals surface area contributed by atoms with Crippen LogP contribution in [0.3, 0.4) is 0 Å². The van der Waals surface area contributed by atoms with Gasteiger partial charge in [0.25, 0.3) is 5.91 Å². The maximum Gasteiger partial charge on any atom is 0.329 e. The number of benzene rings is 3. The van der Waals surface area contributed by atoms with Crippen LogP contribution in [0.4, 0.5) is 11.4 Å². The van der Waals surface area contributed by atoms with Crippen molar-refractivity contribution < 1.29 is 19.1 Å². The molecule has 0 aliphatic heterocycles. The Balaban J connectivity index is 1.55. The first-order valence-corrected chi connectivity index (χ1v) is 10.6. The average molecular weight is 459 g/mol. The first kappa shape index (κ1) is 24.2. The molecule has 3 amide bonds. The number of aryl methyl sites for hydroxylation is 2. The molecule has 0 aliphatic carbocycles. The summed E-state index contributed by atoms with van der Waals surface area (Å²) in [4.78, 5) is 36.5. The lowest BCUT2D eigenvalue weighted by atomic mass is 10.1. The normalized spacial score (nSPS) is 10.6. The molecule has 0 radical (unpaired) electrons. The summed E-state index contributed by atoms with van der Waals surface area (Å²) in [6.45, 7) is 5.51. The van der Waals surface area contributed by atoms with E-state index < -0.39 is 11.8 Å². The largest absolute Gasteiger partial charge is 0.483 e. The van der Waals surface area contributed by atoms with Gasteiger partial charge in [-0.3, -0.25) is 14.4 Å². The third kappa shape index (κ3) is 6.77. The Morgan fingerprint density at radius 3 is 2.44 bits per heavy atom. The minimum atomic E-state index is -0.909. The van der Waals surface area contributed by atoms with E-state index in [-0.39, 0.29) is 12.5 Å². The zero-order valence-corrected chi connectivity index (χ0v) is 19.2. The van der Waals surface area contributed by atoms with Gasteiger partial charge in [-0.2, -0.15) is 5.10 Å². The molecule has 8 nitrogen and oxygen atoms in total. The number of carbonyl (C=O) groups is 3. The van der Waals surface area contributed by atoms with Crippen molar-refractivity contribution >= 4 is 35.3 Å². The minimum Gasteiger partial charge on any atom is -0.483 e. The van der Waals surface area contributed by atoms with Crippen LogP contribution in [0.5, 0.6) is 5.75 Å².